The van der Waals surface area contributed by atoms with E-state index in [1.54, 1.807) is 34.0 Å². The first-order valence-corrected chi connectivity index (χ1v) is 9.80. The first-order chi connectivity index (χ1) is 11.1. The highest BCUT2D eigenvalue weighted by Crippen LogP contribution is 2.26. The monoisotopic (exact) mass is 355 g/mol. The Labute approximate surface area is 139 Å². The molecule has 1 aliphatic rings. The van der Waals surface area contributed by atoms with Crippen molar-refractivity contribution in [2.45, 2.75) is 17.1 Å². The Bertz CT molecular complexity index is 729. The Morgan fingerprint density at radius 1 is 1.26 bits per heavy atom. The fraction of sp³-hybridized carbons (Fsp3) is 0.375. The Morgan fingerprint density at radius 2 is 2.04 bits per heavy atom. The summed E-state index contributed by atoms with van der Waals surface area (Å²) in [6.45, 7) is 1.44. The number of ether oxygens (including phenoxy) is 1. The molecule has 1 aliphatic heterocycles. The second-order valence-corrected chi connectivity index (χ2v) is 8.68. The van der Waals surface area contributed by atoms with E-state index in [4.69, 9.17) is 4.74 Å². The van der Waals surface area contributed by atoms with Crippen molar-refractivity contribution in [3.05, 3.63) is 47.6 Å². The minimum atomic E-state index is -3.39. The van der Waals surface area contributed by atoms with E-state index in [1.165, 1.54) is 23.5 Å². The molecule has 1 unspecified atom stereocenters. The summed E-state index contributed by atoms with van der Waals surface area (Å²) in [5.41, 5.74) is 0. The number of sulfonamides is 1. The molecule has 1 fully saturated rings. The molecule has 7 heteroatoms. The molecular weight excluding hydrogens is 337 g/mol. The number of thiophene rings is 1. The van der Waals surface area contributed by atoms with Gasteiger partial charge in [0.2, 0.25) is 0 Å². The molecule has 124 valence electrons. The highest BCUT2D eigenvalue weighted by atomic mass is 32.2. The normalized spacial score (nSPS) is 19.6. The third-order valence-electron chi connectivity index (χ3n) is 3.87. The summed E-state index contributed by atoms with van der Waals surface area (Å²) in [5, 5.41) is 1.77. The van der Waals surface area contributed by atoms with Gasteiger partial charge in [-0.1, -0.05) is 6.07 Å². The van der Waals surface area contributed by atoms with E-state index >= 15 is 0 Å². The predicted octanol–water partition coefficient (Wildman–Crippen LogP) is 3.37. The molecule has 1 atom stereocenters. The van der Waals surface area contributed by atoms with Crippen LogP contribution < -0.4 is 4.74 Å². The minimum Gasteiger partial charge on any atom is -0.493 e. The van der Waals surface area contributed by atoms with Gasteiger partial charge in [0.05, 0.1) is 6.61 Å². The van der Waals surface area contributed by atoms with Crippen LogP contribution in [-0.2, 0) is 10.0 Å². The summed E-state index contributed by atoms with van der Waals surface area (Å²) in [4.78, 5) is 0. The van der Waals surface area contributed by atoms with Crippen LogP contribution in [0.25, 0.3) is 0 Å². The van der Waals surface area contributed by atoms with Gasteiger partial charge in [0.25, 0.3) is 10.0 Å². The number of benzene rings is 1. The van der Waals surface area contributed by atoms with Crippen molar-refractivity contribution in [3.8, 4) is 5.75 Å². The molecule has 0 spiro atoms. The lowest BCUT2D eigenvalue weighted by Crippen LogP contribution is -2.41. The van der Waals surface area contributed by atoms with Gasteiger partial charge in [0.15, 0.2) is 0 Å². The third-order valence-corrected chi connectivity index (χ3v) is 7.11. The second-order valence-electron chi connectivity index (χ2n) is 5.57. The van der Waals surface area contributed by atoms with Gasteiger partial charge in [-0.25, -0.2) is 12.8 Å². The molecule has 0 amide bonds. The van der Waals surface area contributed by atoms with E-state index in [0.29, 0.717) is 29.7 Å². The number of hydrogen-bond donors (Lipinski definition) is 0. The standard InChI is InChI=1S/C16H18FNO3S2/c17-14-5-7-15(8-6-14)21-12-13-3-1-9-18(11-13)23(19,20)16-4-2-10-22-16/h2,4-8,10,13H,1,3,9,11-12H2. The molecule has 0 radical (unpaired) electrons. The summed E-state index contributed by atoms with van der Waals surface area (Å²) < 4.78 is 45.6. The first kappa shape index (κ1) is 16.4. The van der Waals surface area contributed by atoms with Crippen LogP contribution in [0.15, 0.2) is 46.0 Å². The summed E-state index contributed by atoms with van der Waals surface area (Å²) in [7, 11) is -3.39. The van der Waals surface area contributed by atoms with Crippen molar-refractivity contribution < 1.29 is 17.5 Å². The van der Waals surface area contributed by atoms with Gasteiger partial charge in [-0.3, -0.25) is 0 Å². The van der Waals surface area contributed by atoms with Gasteiger partial charge < -0.3 is 4.74 Å². The first-order valence-electron chi connectivity index (χ1n) is 7.48. The van der Waals surface area contributed by atoms with Gasteiger partial charge in [0.1, 0.15) is 15.8 Å². The average molecular weight is 355 g/mol. The quantitative estimate of drug-likeness (QED) is 0.826. The average Bonchev–Trinajstić information content (AvgIpc) is 3.10. The lowest BCUT2D eigenvalue weighted by molar-refractivity contribution is 0.180. The molecule has 3 rings (SSSR count). The lowest BCUT2D eigenvalue weighted by Gasteiger charge is -2.31. The van der Waals surface area contributed by atoms with E-state index in [0.717, 1.165) is 12.8 Å². The summed E-state index contributed by atoms with van der Waals surface area (Å²) >= 11 is 1.24. The van der Waals surface area contributed by atoms with Crippen LogP contribution in [0.5, 0.6) is 5.75 Å². The summed E-state index contributed by atoms with van der Waals surface area (Å²) in [6.07, 6.45) is 1.75. The predicted molar refractivity (Wildman–Crippen MR) is 87.7 cm³/mol. The fourth-order valence-corrected chi connectivity index (χ4v) is 5.36. The Balaban J connectivity index is 1.61. The maximum absolute atomic E-state index is 12.9. The molecule has 4 nitrogen and oxygen atoms in total. The van der Waals surface area contributed by atoms with E-state index in [-0.39, 0.29) is 11.7 Å². The zero-order chi connectivity index (χ0) is 16.3. The largest absolute Gasteiger partial charge is 0.493 e. The van der Waals surface area contributed by atoms with Gasteiger partial charge in [0, 0.05) is 19.0 Å². The molecule has 0 saturated carbocycles. The Kier molecular flexibility index (Phi) is 4.99. The van der Waals surface area contributed by atoms with E-state index < -0.39 is 10.0 Å². The number of rotatable bonds is 5. The molecule has 0 N–H and O–H groups in total. The van der Waals surface area contributed by atoms with Crippen LogP contribution in [-0.4, -0.2) is 32.4 Å². The topological polar surface area (TPSA) is 46.6 Å². The van der Waals surface area contributed by atoms with Crippen molar-refractivity contribution in [1.82, 2.24) is 4.31 Å². The van der Waals surface area contributed by atoms with Crippen LogP contribution in [0.2, 0.25) is 0 Å². The zero-order valence-corrected chi connectivity index (χ0v) is 14.2. The van der Waals surface area contributed by atoms with Gasteiger partial charge >= 0.3 is 0 Å². The molecular formula is C16H18FNO3S2. The number of hydrogen-bond acceptors (Lipinski definition) is 4. The van der Waals surface area contributed by atoms with E-state index in [2.05, 4.69) is 0 Å². The van der Waals surface area contributed by atoms with E-state index in [1.807, 2.05) is 0 Å². The van der Waals surface area contributed by atoms with Gasteiger partial charge in [-0.05, 0) is 48.6 Å². The van der Waals surface area contributed by atoms with Crippen LogP contribution in [0.1, 0.15) is 12.8 Å². The molecule has 1 aromatic heterocycles. The molecule has 0 bridgehead atoms. The summed E-state index contributed by atoms with van der Waals surface area (Å²) in [6, 6.07) is 9.25. The van der Waals surface area contributed by atoms with Crippen molar-refractivity contribution in [1.29, 1.82) is 0 Å². The number of nitrogens with zero attached hydrogens (tertiary/aromatic N) is 1. The van der Waals surface area contributed by atoms with Crippen LogP contribution in [0.4, 0.5) is 4.39 Å². The molecule has 1 aromatic carbocycles. The third kappa shape index (κ3) is 3.91. The van der Waals surface area contributed by atoms with Gasteiger partial charge in [-0.15, -0.1) is 11.3 Å². The highest BCUT2D eigenvalue weighted by molar-refractivity contribution is 7.91. The van der Waals surface area contributed by atoms with E-state index in [9.17, 15) is 12.8 Å². The maximum Gasteiger partial charge on any atom is 0.252 e. The van der Waals surface area contributed by atoms with Crippen LogP contribution in [0, 0.1) is 11.7 Å². The van der Waals surface area contributed by atoms with Crippen LogP contribution >= 0.6 is 11.3 Å². The Hall–Kier alpha value is -1.44. The van der Waals surface area contributed by atoms with Crippen LogP contribution in [0.3, 0.4) is 0 Å². The minimum absolute atomic E-state index is 0.142. The smallest absolute Gasteiger partial charge is 0.252 e. The second kappa shape index (κ2) is 6.98. The molecule has 2 heterocycles. The molecule has 0 aliphatic carbocycles. The van der Waals surface area contributed by atoms with Crippen molar-refractivity contribution >= 4 is 21.4 Å². The molecule has 1 saturated heterocycles. The maximum atomic E-state index is 12.9. The van der Waals surface area contributed by atoms with Crippen molar-refractivity contribution in [3.63, 3.8) is 0 Å². The summed E-state index contributed by atoms with van der Waals surface area (Å²) in [5.74, 6) is 0.441. The van der Waals surface area contributed by atoms with Gasteiger partial charge in [-0.2, -0.15) is 4.31 Å². The zero-order valence-electron chi connectivity index (χ0n) is 12.5. The molecule has 23 heavy (non-hydrogen) atoms. The highest BCUT2D eigenvalue weighted by Gasteiger charge is 2.31. The van der Waals surface area contributed by atoms with Crippen molar-refractivity contribution in [2.24, 2.45) is 5.92 Å². The SMILES string of the molecule is O=S(=O)(c1cccs1)N1CCCC(COc2ccc(F)cc2)C1. The molecule has 2 aromatic rings. The number of halogens is 1. The van der Waals surface area contributed by atoms with Crippen molar-refractivity contribution in [2.75, 3.05) is 19.7 Å². The Morgan fingerprint density at radius 3 is 2.74 bits per heavy atom. The lowest BCUT2D eigenvalue weighted by atomic mass is 10.0. The number of piperidine rings is 1. The fourth-order valence-electron chi connectivity index (χ4n) is 2.66.